The fraction of sp³-hybridized carbons (Fsp3) is 0.438. The zero-order chi connectivity index (χ0) is 15.0. The third-order valence-electron chi connectivity index (χ3n) is 4.37. The van der Waals surface area contributed by atoms with Crippen molar-refractivity contribution in [3.05, 3.63) is 53.6 Å². The van der Waals surface area contributed by atoms with Crippen LogP contribution in [0.15, 0.2) is 36.7 Å². The summed E-state index contributed by atoms with van der Waals surface area (Å²) in [7, 11) is -1.11. The summed E-state index contributed by atoms with van der Waals surface area (Å²) in [4.78, 5) is 4.37. The summed E-state index contributed by atoms with van der Waals surface area (Å²) in [5.41, 5.74) is 2.15. The summed E-state index contributed by atoms with van der Waals surface area (Å²) in [5, 5.41) is -0.382. The fourth-order valence-electron chi connectivity index (χ4n) is 3.27. The van der Waals surface area contributed by atoms with Crippen LogP contribution in [-0.4, -0.2) is 24.2 Å². The van der Waals surface area contributed by atoms with Crippen molar-refractivity contribution >= 4 is 9.84 Å². The third-order valence-corrected chi connectivity index (χ3v) is 5.85. The second-order valence-electron chi connectivity index (χ2n) is 5.98. The van der Waals surface area contributed by atoms with Crippen molar-refractivity contribution in [3.8, 4) is 0 Å². The minimum absolute atomic E-state index is 0.320. The molecule has 3 rings (SSSR count). The Labute approximate surface area is 125 Å². The summed E-state index contributed by atoms with van der Waals surface area (Å²) in [6, 6.07) is 7.92. The van der Waals surface area contributed by atoms with Crippen LogP contribution in [0.3, 0.4) is 0 Å². The second kappa shape index (κ2) is 5.30. The van der Waals surface area contributed by atoms with Crippen molar-refractivity contribution in [2.75, 3.05) is 6.26 Å². The average molecular weight is 304 g/mol. The Morgan fingerprint density at radius 3 is 2.76 bits per heavy atom. The van der Waals surface area contributed by atoms with Crippen LogP contribution in [0.1, 0.15) is 28.6 Å². The van der Waals surface area contributed by atoms with Gasteiger partial charge in [-0.1, -0.05) is 24.3 Å². The molecule has 1 aliphatic carbocycles. The monoisotopic (exact) mass is 304 g/mol. The van der Waals surface area contributed by atoms with Crippen LogP contribution in [0.4, 0.5) is 0 Å². The van der Waals surface area contributed by atoms with E-state index in [2.05, 4.69) is 11.1 Å². The summed E-state index contributed by atoms with van der Waals surface area (Å²) < 4.78 is 26.3. The van der Waals surface area contributed by atoms with Crippen LogP contribution in [0.5, 0.6) is 0 Å². The molecule has 0 radical (unpaired) electrons. The molecule has 0 spiro atoms. The summed E-state index contributed by atoms with van der Waals surface area (Å²) in [5.74, 6) is 1.34. The molecule has 1 heterocycles. The Kier molecular flexibility index (Phi) is 3.61. The first-order valence-electron chi connectivity index (χ1n) is 7.18. The van der Waals surface area contributed by atoms with Gasteiger partial charge in [0.25, 0.3) is 0 Å². The van der Waals surface area contributed by atoms with Crippen molar-refractivity contribution in [2.45, 2.75) is 24.5 Å². The first kappa shape index (κ1) is 14.3. The van der Waals surface area contributed by atoms with Gasteiger partial charge in [-0.3, -0.25) is 0 Å². The molecule has 1 unspecified atom stereocenters. The second-order valence-corrected chi connectivity index (χ2v) is 8.21. The van der Waals surface area contributed by atoms with Gasteiger partial charge >= 0.3 is 0 Å². The lowest BCUT2D eigenvalue weighted by molar-refractivity contribution is 0.426. The van der Waals surface area contributed by atoms with E-state index >= 15 is 0 Å². The van der Waals surface area contributed by atoms with Crippen LogP contribution in [0, 0.1) is 5.92 Å². The molecule has 0 aliphatic heterocycles. The summed E-state index contributed by atoms with van der Waals surface area (Å²) in [6.45, 7) is 0. The molecule has 112 valence electrons. The summed E-state index contributed by atoms with van der Waals surface area (Å²) in [6.07, 6.45) is 7.50. The van der Waals surface area contributed by atoms with E-state index in [0.717, 1.165) is 24.2 Å². The number of hydrogen-bond donors (Lipinski definition) is 0. The van der Waals surface area contributed by atoms with E-state index in [4.69, 9.17) is 0 Å². The third kappa shape index (κ3) is 2.88. The van der Waals surface area contributed by atoms with E-state index in [1.54, 1.807) is 6.20 Å². The van der Waals surface area contributed by atoms with Crippen LogP contribution in [0.2, 0.25) is 0 Å². The van der Waals surface area contributed by atoms with Crippen molar-refractivity contribution in [3.63, 3.8) is 0 Å². The van der Waals surface area contributed by atoms with Crippen LogP contribution >= 0.6 is 0 Å². The van der Waals surface area contributed by atoms with Gasteiger partial charge in [0.2, 0.25) is 0 Å². The SMILES string of the molecule is Cn1ccnc1C[C@@H]1Cc2ccccc2C(S(C)(=O)=O)C1. The van der Waals surface area contributed by atoms with Crippen molar-refractivity contribution in [1.82, 2.24) is 9.55 Å². The molecule has 1 aromatic heterocycles. The van der Waals surface area contributed by atoms with Crippen LogP contribution < -0.4 is 0 Å². The van der Waals surface area contributed by atoms with Gasteiger partial charge in [-0.2, -0.15) is 0 Å². The van der Waals surface area contributed by atoms with Crippen molar-refractivity contribution in [1.29, 1.82) is 0 Å². The molecule has 1 aromatic carbocycles. The highest BCUT2D eigenvalue weighted by Crippen LogP contribution is 2.39. The predicted octanol–water partition coefficient (Wildman–Crippen LogP) is 2.31. The quantitative estimate of drug-likeness (QED) is 0.874. The van der Waals surface area contributed by atoms with Gasteiger partial charge < -0.3 is 4.57 Å². The van der Waals surface area contributed by atoms with Gasteiger partial charge in [0.05, 0.1) is 5.25 Å². The first-order valence-corrected chi connectivity index (χ1v) is 9.13. The molecule has 0 amide bonds. The lowest BCUT2D eigenvalue weighted by Gasteiger charge is -2.30. The highest BCUT2D eigenvalue weighted by Gasteiger charge is 2.33. The Hall–Kier alpha value is -1.62. The maximum Gasteiger partial charge on any atom is 0.154 e. The number of fused-ring (bicyclic) bond motifs is 1. The molecule has 1 aliphatic rings. The number of nitrogens with zero attached hydrogens (tertiary/aromatic N) is 2. The number of rotatable bonds is 3. The molecule has 21 heavy (non-hydrogen) atoms. The van der Waals surface area contributed by atoms with Gasteiger partial charge in [-0.05, 0) is 29.9 Å². The Morgan fingerprint density at radius 2 is 2.10 bits per heavy atom. The number of hydrogen-bond acceptors (Lipinski definition) is 3. The summed E-state index contributed by atoms with van der Waals surface area (Å²) >= 11 is 0. The Balaban J connectivity index is 1.92. The maximum atomic E-state index is 12.1. The van der Waals surface area contributed by atoms with E-state index in [1.807, 2.05) is 36.0 Å². The van der Waals surface area contributed by atoms with E-state index in [-0.39, 0.29) is 5.25 Å². The zero-order valence-electron chi connectivity index (χ0n) is 12.4. The molecule has 2 atom stereocenters. The maximum absolute atomic E-state index is 12.1. The van der Waals surface area contributed by atoms with E-state index in [0.29, 0.717) is 12.3 Å². The van der Waals surface area contributed by atoms with Gasteiger partial charge in [-0.15, -0.1) is 0 Å². The standard InChI is InChI=1S/C16H20N2O2S/c1-18-8-7-17-16(18)11-12-9-13-5-3-4-6-14(13)15(10-12)21(2,19)20/h3-8,12,15H,9-11H2,1-2H3/t12-,15?/m1/s1. The minimum Gasteiger partial charge on any atom is -0.338 e. The van der Waals surface area contributed by atoms with Crippen LogP contribution in [-0.2, 0) is 29.7 Å². The van der Waals surface area contributed by atoms with Crippen molar-refractivity contribution < 1.29 is 8.42 Å². The van der Waals surface area contributed by atoms with Gasteiger partial charge in [0, 0.05) is 32.1 Å². The highest BCUT2D eigenvalue weighted by atomic mass is 32.2. The average Bonchev–Trinajstić information content (AvgIpc) is 2.82. The molecule has 0 saturated carbocycles. The highest BCUT2D eigenvalue weighted by molar-refractivity contribution is 7.90. The normalized spacial score (nSPS) is 22.0. The molecule has 4 nitrogen and oxygen atoms in total. The molecular formula is C16H20N2O2S. The zero-order valence-corrected chi connectivity index (χ0v) is 13.2. The Morgan fingerprint density at radius 1 is 1.33 bits per heavy atom. The first-order chi connectivity index (χ1) is 9.95. The smallest absolute Gasteiger partial charge is 0.154 e. The van der Waals surface area contributed by atoms with Crippen molar-refractivity contribution in [2.24, 2.45) is 13.0 Å². The minimum atomic E-state index is -3.09. The number of imidazole rings is 1. The molecule has 0 fully saturated rings. The largest absolute Gasteiger partial charge is 0.338 e. The topological polar surface area (TPSA) is 52.0 Å². The number of benzene rings is 1. The van der Waals surface area contributed by atoms with Gasteiger partial charge in [0.1, 0.15) is 5.82 Å². The van der Waals surface area contributed by atoms with Crippen LogP contribution in [0.25, 0.3) is 0 Å². The van der Waals surface area contributed by atoms with Gasteiger partial charge in [-0.25, -0.2) is 13.4 Å². The number of aryl methyl sites for hydroxylation is 1. The van der Waals surface area contributed by atoms with E-state index in [1.165, 1.54) is 11.8 Å². The number of sulfone groups is 1. The predicted molar refractivity (Wildman–Crippen MR) is 82.7 cm³/mol. The molecule has 2 aromatic rings. The van der Waals surface area contributed by atoms with E-state index in [9.17, 15) is 8.42 Å². The molecular weight excluding hydrogens is 284 g/mol. The molecule has 0 saturated heterocycles. The van der Waals surface area contributed by atoms with Gasteiger partial charge in [0.15, 0.2) is 9.84 Å². The molecule has 0 bridgehead atoms. The lowest BCUT2D eigenvalue weighted by Crippen LogP contribution is -2.25. The fourth-order valence-corrected chi connectivity index (χ4v) is 4.58. The molecule has 0 N–H and O–H groups in total. The van der Waals surface area contributed by atoms with E-state index < -0.39 is 9.84 Å². The lowest BCUT2D eigenvalue weighted by atomic mass is 9.82. The molecule has 5 heteroatoms. The Bertz CT molecular complexity index is 749. The number of aromatic nitrogens is 2.